The smallest absolute Gasteiger partial charge is 0.143 e. The second-order valence-corrected chi connectivity index (χ2v) is 7.15. The van der Waals surface area contributed by atoms with Gasteiger partial charge in [0.2, 0.25) is 0 Å². The van der Waals surface area contributed by atoms with Gasteiger partial charge >= 0.3 is 0 Å². The Balaban J connectivity index is 2.10. The fourth-order valence-electron chi connectivity index (χ4n) is 2.91. The molecule has 2 N–H and O–H groups in total. The summed E-state index contributed by atoms with van der Waals surface area (Å²) < 4.78 is 1.42. The van der Waals surface area contributed by atoms with Crippen LogP contribution in [0.2, 0.25) is 0 Å². The first kappa shape index (κ1) is 16.3. The minimum absolute atomic E-state index is 0.152. The summed E-state index contributed by atoms with van der Waals surface area (Å²) in [5, 5.41) is 19.6. The number of nitrogens with zero attached hydrogens (tertiary/aromatic N) is 1. The van der Waals surface area contributed by atoms with Crippen molar-refractivity contribution in [2.75, 3.05) is 6.54 Å². The molecule has 3 nitrogen and oxygen atoms in total. The van der Waals surface area contributed by atoms with Crippen LogP contribution >= 0.6 is 31.9 Å². The normalized spacial score (nSPS) is 23.2. The first-order valence-corrected chi connectivity index (χ1v) is 8.68. The van der Waals surface area contributed by atoms with Crippen LogP contribution in [0.1, 0.15) is 38.2 Å². The second-order valence-electron chi connectivity index (χ2n) is 5.45. The molecule has 20 heavy (non-hydrogen) atoms. The molecule has 1 aliphatic rings. The zero-order chi connectivity index (χ0) is 14.7. The standard InChI is InChI=1S/C15H21Br2NO2/c1-2-18(11-4-3-5-12(19)8-11)9-10-6-13(16)15(20)14(17)7-10/h6-7,11-12,19-20H,2-5,8-9H2,1H3/t11-,12+/m0/s1. The van der Waals surface area contributed by atoms with Gasteiger partial charge in [0.15, 0.2) is 0 Å². The molecule has 1 fully saturated rings. The molecular weight excluding hydrogens is 386 g/mol. The maximum atomic E-state index is 9.84. The third-order valence-electron chi connectivity index (χ3n) is 4.00. The maximum absolute atomic E-state index is 9.84. The van der Waals surface area contributed by atoms with Gasteiger partial charge in [-0.3, -0.25) is 4.90 Å². The van der Waals surface area contributed by atoms with Crippen LogP contribution in [0.3, 0.4) is 0 Å². The SMILES string of the molecule is CCN(Cc1cc(Br)c(O)c(Br)c1)[C@H]1CCC[C@@H](O)C1. The van der Waals surface area contributed by atoms with Crippen LogP contribution in [0, 0.1) is 0 Å². The lowest BCUT2D eigenvalue weighted by Gasteiger charge is -2.35. The molecule has 0 aromatic heterocycles. The quantitative estimate of drug-likeness (QED) is 0.792. The highest BCUT2D eigenvalue weighted by Crippen LogP contribution is 2.34. The van der Waals surface area contributed by atoms with Crippen LogP contribution in [0.4, 0.5) is 0 Å². The van der Waals surface area contributed by atoms with Crippen LogP contribution in [0.25, 0.3) is 0 Å². The molecule has 112 valence electrons. The molecule has 0 spiro atoms. The number of halogens is 2. The van der Waals surface area contributed by atoms with E-state index in [0.29, 0.717) is 15.0 Å². The Labute approximate surface area is 137 Å². The summed E-state index contributed by atoms with van der Waals surface area (Å²) in [7, 11) is 0. The highest BCUT2D eigenvalue weighted by atomic mass is 79.9. The number of phenolic OH excluding ortho intramolecular Hbond substituents is 1. The molecule has 2 atom stereocenters. The zero-order valence-electron chi connectivity index (χ0n) is 11.6. The van der Waals surface area contributed by atoms with Crippen LogP contribution in [-0.4, -0.2) is 33.8 Å². The molecule has 0 unspecified atom stereocenters. The number of rotatable bonds is 4. The van der Waals surface area contributed by atoms with Gasteiger partial charge < -0.3 is 10.2 Å². The van der Waals surface area contributed by atoms with Crippen molar-refractivity contribution in [2.24, 2.45) is 0 Å². The highest BCUT2D eigenvalue weighted by molar-refractivity contribution is 9.11. The van der Waals surface area contributed by atoms with E-state index in [-0.39, 0.29) is 11.9 Å². The lowest BCUT2D eigenvalue weighted by atomic mass is 9.91. The van der Waals surface area contributed by atoms with Crippen molar-refractivity contribution in [3.63, 3.8) is 0 Å². The van der Waals surface area contributed by atoms with Crippen molar-refractivity contribution in [3.8, 4) is 5.75 Å². The van der Waals surface area contributed by atoms with E-state index in [4.69, 9.17) is 0 Å². The van der Waals surface area contributed by atoms with Gasteiger partial charge in [-0.2, -0.15) is 0 Å². The maximum Gasteiger partial charge on any atom is 0.143 e. The second kappa shape index (κ2) is 7.25. The molecule has 5 heteroatoms. The van der Waals surface area contributed by atoms with Crippen molar-refractivity contribution in [3.05, 3.63) is 26.6 Å². The van der Waals surface area contributed by atoms with Crippen molar-refractivity contribution in [1.29, 1.82) is 0 Å². The van der Waals surface area contributed by atoms with Gasteiger partial charge in [-0.1, -0.05) is 6.92 Å². The molecule has 2 rings (SSSR count). The summed E-state index contributed by atoms with van der Waals surface area (Å²) in [5.41, 5.74) is 1.16. The Morgan fingerprint density at radius 3 is 2.45 bits per heavy atom. The van der Waals surface area contributed by atoms with Gasteiger partial charge in [0.05, 0.1) is 15.0 Å². The number of aliphatic hydroxyl groups excluding tert-OH is 1. The Morgan fingerprint density at radius 2 is 1.90 bits per heavy atom. The zero-order valence-corrected chi connectivity index (χ0v) is 14.8. The lowest BCUT2D eigenvalue weighted by molar-refractivity contribution is 0.0606. The van der Waals surface area contributed by atoms with Crippen molar-refractivity contribution in [2.45, 2.75) is 51.3 Å². The first-order valence-electron chi connectivity index (χ1n) is 7.10. The van der Waals surface area contributed by atoms with Gasteiger partial charge in [-0.05, 0) is 81.8 Å². The van der Waals surface area contributed by atoms with E-state index < -0.39 is 0 Å². The largest absolute Gasteiger partial charge is 0.506 e. The van der Waals surface area contributed by atoms with Crippen LogP contribution in [-0.2, 0) is 6.54 Å². The van der Waals surface area contributed by atoms with Crippen molar-refractivity contribution >= 4 is 31.9 Å². The summed E-state index contributed by atoms with van der Waals surface area (Å²) in [6.07, 6.45) is 3.91. The molecule has 1 aromatic carbocycles. The lowest BCUT2D eigenvalue weighted by Crippen LogP contribution is -2.39. The molecule has 0 heterocycles. The Bertz CT molecular complexity index is 444. The molecule has 0 amide bonds. The first-order chi connectivity index (χ1) is 9.51. The fraction of sp³-hybridized carbons (Fsp3) is 0.600. The van der Waals surface area contributed by atoms with Gasteiger partial charge in [-0.25, -0.2) is 0 Å². The number of aliphatic hydroxyl groups is 1. The number of hydrogen-bond acceptors (Lipinski definition) is 3. The molecular formula is C15H21Br2NO2. The van der Waals surface area contributed by atoms with E-state index in [1.807, 2.05) is 12.1 Å². The summed E-state index contributed by atoms with van der Waals surface area (Å²) >= 11 is 6.75. The number of hydrogen-bond donors (Lipinski definition) is 2. The Hall–Kier alpha value is -0.100. The van der Waals surface area contributed by atoms with Crippen LogP contribution < -0.4 is 0 Å². The minimum Gasteiger partial charge on any atom is -0.506 e. The number of aromatic hydroxyl groups is 1. The van der Waals surface area contributed by atoms with Crippen molar-refractivity contribution < 1.29 is 10.2 Å². The summed E-state index contributed by atoms with van der Waals surface area (Å²) in [6.45, 7) is 3.96. The summed E-state index contributed by atoms with van der Waals surface area (Å²) in [4.78, 5) is 2.41. The topological polar surface area (TPSA) is 43.7 Å². The van der Waals surface area contributed by atoms with Gasteiger partial charge in [0.1, 0.15) is 5.75 Å². The van der Waals surface area contributed by atoms with Gasteiger partial charge in [0, 0.05) is 12.6 Å². The van der Waals surface area contributed by atoms with E-state index in [1.54, 1.807) is 0 Å². The Kier molecular flexibility index (Phi) is 5.90. The average molecular weight is 407 g/mol. The fourth-order valence-corrected chi connectivity index (χ4v) is 4.19. The Morgan fingerprint density at radius 1 is 1.25 bits per heavy atom. The highest BCUT2D eigenvalue weighted by Gasteiger charge is 2.25. The molecule has 1 aliphatic carbocycles. The average Bonchev–Trinajstić information content (AvgIpc) is 2.42. The predicted octanol–water partition coefficient (Wildman–Crippen LogP) is 4.04. The van der Waals surface area contributed by atoms with Crippen LogP contribution in [0.5, 0.6) is 5.75 Å². The van der Waals surface area contributed by atoms with E-state index in [9.17, 15) is 10.2 Å². The minimum atomic E-state index is -0.152. The monoisotopic (exact) mass is 405 g/mol. The molecule has 0 aliphatic heterocycles. The predicted molar refractivity (Wildman–Crippen MR) is 87.9 cm³/mol. The molecule has 1 aromatic rings. The summed E-state index contributed by atoms with van der Waals surface area (Å²) in [5.74, 6) is 0.241. The van der Waals surface area contributed by atoms with E-state index in [2.05, 4.69) is 43.7 Å². The van der Waals surface area contributed by atoms with E-state index in [0.717, 1.165) is 44.3 Å². The molecule has 0 saturated heterocycles. The summed E-state index contributed by atoms with van der Waals surface area (Å²) in [6, 6.07) is 4.37. The molecule has 0 radical (unpaired) electrons. The van der Waals surface area contributed by atoms with Gasteiger partial charge in [0.25, 0.3) is 0 Å². The van der Waals surface area contributed by atoms with Crippen LogP contribution in [0.15, 0.2) is 21.1 Å². The van der Waals surface area contributed by atoms with Gasteiger partial charge in [-0.15, -0.1) is 0 Å². The van der Waals surface area contributed by atoms with Crippen molar-refractivity contribution in [1.82, 2.24) is 4.90 Å². The molecule has 1 saturated carbocycles. The molecule has 0 bridgehead atoms. The third kappa shape index (κ3) is 3.97. The van der Waals surface area contributed by atoms with E-state index >= 15 is 0 Å². The van der Waals surface area contributed by atoms with E-state index in [1.165, 1.54) is 0 Å². The third-order valence-corrected chi connectivity index (χ3v) is 5.21. The number of benzene rings is 1. The number of phenols is 1.